The third-order valence-corrected chi connectivity index (χ3v) is 3.27. The SMILES string of the molecule is CCCNC(CC)C(C)c1cc(CC)ncn1. The lowest BCUT2D eigenvalue weighted by atomic mass is 9.95. The monoisotopic (exact) mass is 235 g/mol. The van der Waals surface area contributed by atoms with Crippen LogP contribution in [0.4, 0.5) is 0 Å². The summed E-state index contributed by atoms with van der Waals surface area (Å²) in [5.41, 5.74) is 2.29. The average Bonchev–Trinajstić information content (AvgIpc) is 2.39. The Balaban J connectivity index is 2.74. The maximum atomic E-state index is 4.41. The molecule has 2 atom stereocenters. The lowest BCUT2D eigenvalue weighted by Gasteiger charge is -2.23. The molecule has 0 aliphatic rings. The highest BCUT2D eigenvalue weighted by atomic mass is 14.9. The zero-order valence-corrected chi connectivity index (χ0v) is 11.5. The van der Waals surface area contributed by atoms with Crippen molar-refractivity contribution < 1.29 is 0 Å². The fourth-order valence-electron chi connectivity index (χ4n) is 2.07. The molecule has 0 saturated carbocycles. The van der Waals surface area contributed by atoms with Gasteiger partial charge in [-0.05, 0) is 31.9 Å². The van der Waals surface area contributed by atoms with E-state index in [9.17, 15) is 0 Å². The van der Waals surface area contributed by atoms with Gasteiger partial charge in [0.2, 0.25) is 0 Å². The minimum absolute atomic E-state index is 0.444. The second-order valence-corrected chi connectivity index (χ2v) is 4.55. The van der Waals surface area contributed by atoms with Gasteiger partial charge in [-0.25, -0.2) is 9.97 Å². The number of nitrogens with one attached hydrogen (secondary N) is 1. The first-order chi connectivity index (χ1) is 8.22. The predicted molar refractivity (Wildman–Crippen MR) is 72.2 cm³/mol. The summed E-state index contributed by atoms with van der Waals surface area (Å²) >= 11 is 0. The molecule has 1 aromatic rings. The molecular weight excluding hydrogens is 210 g/mol. The van der Waals surface area contributed by atoms with E-state index in [0.717, 1.165) is 30.8 Å². The molecule has 0 amide bonds. The maximum Gasteiger partial charge on any atom is 0.115 e. The summed E-state index contributed by atoms with van der Waals surface area (Å²) in [5, 5.41) is 3.59. The molecule has 2 unspecified atom stereocenters. The molecule has 0 spiro atoms. The van der Waals surface area contributed by atoms with Crippen molar-refractivity contribution in [3.8, 4) is 0 Å². The summed E-state index contributed by atoms with van der Waals surface area (Å²) in [6.07, 6.45) is 4.97. The molecule has 3 nitrogen and oxygen atoms in total. The molecule has 3 heteroatoms. The van der Waals surface area contributed by atoms with Gasteiger partial charge in [0, 0.05) is 23.3 Å². The molecule has 0 radical (unpaired) electrons. The summed E-state index contributed by atoms with van der Waals surface area (Å²) in [7, 11) is 0. The Kier molecular flexibility index (Phi) is 6.12. The molecular formula is C14H25N3. The van der Waals surface area contributed by atoms with Crippen LogP contribution in [-0.2, 0) is 6.42 Å². The highest BCUT2D eigenvalue weighted by Gasteiger charge is 2.17. The van der Waals surface area contributed by atoms with Crippen molar-refractivity contribution >= 4 is 0 Å². The number of aryl methyl sites for hydroxylation is 1. The summed E-state index contributed by atoms with van der Waals surface area (Å²) in [4.78, 5) is 8.67. The number of rotatable bonds is 7. The first-order valence-corrected chi connectivity index (χ1v) is 6.77. The first kappa shape index (κ1) is 14.1. The van der Waals surface area contributed by atoms with Crippen LogP contribution in [0.15, 0.2) is 12.4 Å². The minimum Gasteiger partial charge on any atom is -0.313 e. The smallest absolute Gasteiger partial charge is 0.115 e. The van der Waals surface area contributed by atoms with Crippen molar-refractivity contribution in [2.75, 3.05) is 6.54 Å². The lowest BCUT2D eigenvalue weighted by molar-refractivity contribution is 0.432. The highest BCUT2D eigenvalue weighted by molar-refractivity contribution is 5.14. The zero-order chi connectivity index (χ0) is 12.7. The quantitative estimate of drug-likeness (QED) is 0.789. The molecule has 1 rings (SSSR count). The standard InChI is InChI=1S/C14H25N3/c1-5-8-15-13(7-3)11(4)14-9-12(6-2)16-10-17-14/h9-11,13,15H,5-8H2,1-4H3. The van der Waals surface area contributed by atoms with E-state index in [1.807, 2.05) is 0 Å². The van der Waals surface area contributed by atoms with Gasteiger partial charge >= 0.3 is 0 Å². The van der Waals surface area contributed by atoms with E-state index in [-0.39, 0.29) is 0 Å². The first-order valence-electron chi connectivity index (χ1n) is 6.77. The normalized spacial score (nSPS) is 14.6. The fourth-order valence-corrected chi connectivity index (χ4v) is 2.07. The van der Waals surface area contributed by atoms with E-state index >= 15 is 0 Å². The molecule has 1 heterocycles. The second kappa shape index (κ2) is 7.38. The van der Waals surface area contributed by atoms with Crippen molar-refractivity contribution in [2.24, 2.45) is 0 Å². The van der Waals surface area contributed by atoms with Gasteiger partial charge in [0.05, 0.1) is 0 Å². The Bertz CT molecular complexity index is 325. The van der Waals surface area contributed by atoms with Gasteiger partial charge in [0.1, 0.15) is 6.33 Å². The molecule has 1 N–H and O–H groups in total. The van der Waals surface area contributed by atoms with Crippen LogP contribution in [0.25, 0.3) is 0 Å². The van der Waals surface area contributed by atoms with Gasteiger partial charge in [-0.1, -0.05) is 27.7 Å². The Morgan fingerprint density at radius 2 is 2.00 bits per heavy atom. The Morgan fingerprint density at radius 3 is 2.59 bits per heavy atom. The van der Waals surface area contributed by atoms with E-state index < -0.39 is 0 Å². The van der Waals surface area contributed by atoms with E-state index in [0.29, 0.717) is 12.0 Å². The van der Waals surface area contributed by atoms with Crippen molar-refractivity contribution in [1.29, 1.82) is 0 Å². The average molecular weight is 235 g/mol. The van der Waals surface area contributed by atoms with Crippen molar-refractivity contribution in [1.82, 2.24) is 15.3 Å². The van der Waals surface area contributed by atoms with Crippen LogP contribution in [0, 0.1) is 0 Å². The van der Waals surface area contributed by atoms with Crippen LogP contribution in [0.2, 0.25) is 0 Å². The molecule has 0 aromatic carbocycles. The molecule has 0 fully saturated rings. The molecule has 1 aromatic heterocycles. The van der Waals surface area contributed by atoms with Crippen LogP contribution in [0.5, 0.6) is 0 Å². The summed E-state index contributed by atoms with van der Waals surface area (Å²) in [5.74, 6) is 0.444. The lowest BCUT2D eigenvalue weighted by Crippen LogP contribution is -2.34. The predicted octanol–water partition coefficient (Wildman–Crippen LogP) is 2.92. The van der Waals surface area contributed by atoms with Crippen LogP contribution >= 0.6 is 0 Å². The minimum atomic E-state index is 0.444. The second-order valence-electron chi connectivity index (χ2n) is 4.55. The van der Waals surface area contributed by atoms with Crippen molar-refractivity contribution in [2.45, 2.75) is 58.9 Å². The van der Waals surface area contributed by atoms with Crippen LogP contribution in [0.1, 0.15) is 57.8 Å². The maximum absolute atomic E-state index is 4.41. The third kappa shape index (κ3) is 4.08. The number of hydrogen-bond acceptors (Lipinski definition) is 3. The van der Waals surface area contributed by atoms with E-state index in [4.69, 9.17) is 0 Å². The van der Waals surface area contributed by atoms with E-state index in [2.05, 4.69) is 49.0 Å². The highest BCUT2D eigenvalue weighted by Crippen LogP contribution is 2.19. The van der Waals surface area contributed by atoms with E-state index in [1.54, 1.807) is 6.33 Å². The molecule has 17 heavy (non-hydrogen) atoms. The van der Waals surface area contributed by atoms with Crippen LogP contribution in [0.3, 0.4) is 0 Å². The summed E-state index contributed by atoms with van der Waals surface area (Å²) in [6, 6.07) is 2.65. The third-order valence-electron chi connectivity index (χ3n) is 3.27. The topological polar surface area (TPSA) is 37.8 Å². The van der Waals surface area contributed by atoms with Crippen LogP contribution in [-0.4, -0.2) is 22.6 Å². The molecule has 0 aliphatic carbocycles. The van der Waals surface area contributed by atoms with Gasteiger partial charge in [-0.3, -0.25) is 0 Å². The molecule has 0 aliphatic heterocycles. The van der Waals surface area contributed by atoms with Gasteiger partial charge in [0.15, 0.2) is 0 Å². The Hall–Kier alpha value is -0.960. The van der Waals surface area contributed by atoms with Gasteiger partial charge in [-0.2, -0.15) is 0 Å². The van der Waals surface area contributed by atoms with Gasteiger partial charge < -0.3 is 5.32 Å². The summed E-state index contributed by atoms with van der Waals surface area (Å²) in [6.45, 7) is 9.88. The molecule has 0 saturated heterocycles. The Morgan fingerprint density at radius 1 is 1.24 bits per heavy atom. The fraction of sp³-hybridized carbons (Fsp3) is 0.714. The number of aromatic nitrogens is 2. The van der Waals surface area contributed by atoms with Crippen molar-refractivity contribution in [3.05, 3.63) is 23.8 Å². The molecule has 96 valence electrons. The largest absolute Gasteiger partial charge is 0.313 e. The van der Waals surface area contributed by atoms with E-state index in [1.165, 1.54) is 6.42 Å². The number of hydrogen-bond donors (Lipinski definition) is 1. The summed E-state index contributed by atoms with van der Waals surface area (Å²) < 4.78 is 0. The van der Waals surface area contributed by atoms with Crippen LogP contribution < -0.4 is 5.32 Å². The van der Waals surface area contributed by atoms with Crippen molar-refractivity contribution in [3.63, 3.8) is 0 Å². The molecule has 0 bridgehead atoms. The number of nitrogens with zero attached hydrogens (tertiary/aromatic N) is 2. The van der Waals surface area contributed by atoms with Gasteiger partial charge in [0.25, 0.3) is 0 Å². The zero-order valence-electron chi connectivity index (χ0n) is 11.5. The van der Waals surface area contributed by atoms with Gasteiger partial charge in [-0.15, -0.1) is 0 Å². The Labute approximate surface area is 105 Å².